The molecule has 1 aliphatic rings. The Hall–Kier alpha value is -1.36. The molecule has 0 bridgehead atoms. The summed E-state index contributed by atoms with van der Waals surface area (Å²) in [5.41, 5.74) is 0.189. The Morgan fingerprint density at radius 3 is 3.15 bits per heavy atom. The van der Waals surface area contributed by atoms with Gasteiger partial charge in [0.1, 0.15) is 5.82 Å². The van der Waals surface area contributed by atoms with E-state index in [1.165, 1.54) is 0 Å². The Kier molecular flexibility index (Phi) is 1.81. The molecule has 0 aromatic carbocycles. The van der Waals surface area contributed by atoms with E-state index >= 15 is 0 Å². The van der Waals surface area contributed by atoms with Crippen LogP contribution in [0.15, 0.2) is 4.79 Å². The maximum atomic E-state index is 11.6. The second-order valence-corrected chi connectivity index (χ2v) is 3.11. The van der Waals surface area contributed by atoms with Crippen LogP contribution in [0.5, 0.6) is 5.88 Å². The maximum Gasteiger partial charge on any atom is 0.260 e. The first-order valence-electron chi connectivity index (χ1n) is 4.20. The molecule has 0 unspecified atom stereocenters. The highest BCUT2D eigenvalue weighted by atomic mass is 16.3. The number of hydrogen-bond donors (Lipinski definition) is 2. The molecule has 5 heteroatoms. The first-order chi connectivity index (χ1) is 6.20. The molecule has 0 saturated heterocycles. The molecular weight excluding hydrogens is 170 g/mol. The standard InChI is InChI=1S/C8H11N3O2/c1-5-7(12)10-6-4-9-2-3-11(6)8(5)13/h9,12H,2-4H2,1H3. The summed E-state index contributed by atoms with van der Waals surface area (Å²) in [6, 6.07) is 0. The zero-order valence-electron chi connectivity index (χ0n) is 7.37. The van der Waals surface area contributed by atoms with E-state index in [1.807, 2.05) is 0 Å². The summed E-state index contributed by atoms with van der Waals surface area (Å²) in [5, 5.41) is 12.4. The molecule has 0 atom stereocenters. The third-order valence-electron chi connectivity index (χ3n) is 2.24. The molecule has 2 N–H and O–H groups in total. The van der Waals surface area contributed by atoms with Crippen LogP contribution in [0.1, 0.15) is 11.4 Å². The van der Waals surface area contributed by atoms with Crippen LogP contribution in [-0.2, 0) is 13.1 Å². The quantitative estimate of drug-likeness (QED) is 0.558. The molecule has 1 aromatic heterocycles. The van der Waals surface area contributed by atoms with Gasteiger partial charge in [0, 0.05) is 13.1 Å². The molecule has 0 radical (unpaired) electrons. The fraction of sp³-hybridized carbons (Fsp3) is 0.500. The second-order valence-electron chi connectivity index (χ2n) is 3.11. The van der Waals surface area contributed by atoms with Crippen LogP contribution < -0.4 is 10.9 Å². The molecule has 13 heavy (non-hydrogen) atoms. The van der Waals surface area contributed by atoms with Gasteiger partial charge in [0.2, 0.25) is 5.88 Å². The zero-order chi connectivity index (χ0) is 9.42. The monoisotopic (exact) mass is 181 g/mol. The third-order valence-corrected chi connectivity index (χ3v) is 2.24. The van der Waals surface area contributed by atoms with E-state index in [1.54, 1.807) is 11.5 Å². The summed E-state index contributed by atoms with van der Waals surface area (Å²) in [6.45, 7) is 3.53. The van der Waals surface area contributed by atoms with Crippen molar-refractivity contribution in [3.05, 3.63) is 21.7 Å². The number of nitrogens with one attached hydrogen (secondary N) is 1. The van der Waals surface area contributed by atoms with Gasteiger partial charge in [0.15, 0.2) is 0 Å². The minimum atomic E-state index is -0.153. The Bertz CT molecular complexity index is 397. The van der Waals surface area contributed by atoms with Crippen molar-refractivity contribution in [2.24, 2.45) is 0 Å². The fourth-order valence-corrected chi connectivity index (χ4v) is 1.44. The van der Waals surface area contributed by atoms with Crippen LogP contribution in [0.25, 0.3) is 0 Å². The molecule has 2 heterocycles. The van der Waals surface area contributed by atoms with Gasteiger partial charge in [-0.1, -0.05) is 0 Å². The number of hydrogen-bond acceptors (Lipinski definition) is 4. The van der Waals surface area contributed by atoms with Gasteiger partial charge in [-0.25, -0.2) is 0 Å². The van der Waals surface area contributed by atoms with E-state index in [-0.39, 0.29) is 11.4 Å². The predicted octanol–water partition coefficient (Wildman–Crippen LogP) is -0.639. The van der Waals surface area contributed by atoms with Gasteiger partial charge in [-0.3, -0.25) is 9.36 Å². The normalized spacial score (nSPS) is 15.5. The summed E-state index contributed by atoms with van der Waals surface area (Å²) >= 11 is 0. The van der Waals surface area contributed by atoms with Gasteiger partial charge in [-0.05, 0) is 6.92 Å². The summed E-state index contributed by atoms with van der Waals surface area (Å²) in [5.74, 6) is 0.458. The zero-order valence-corrected chi connectivity index (χ0v) is 7.37. The van der Waals surface area contributed by atoms with E-state index in [0.717, 1.165) is 6.54 Å². The minimum absolute atomic E-state index is 0.135. The summed E-state index contributed by atoms with van der Waals surface area (Å²) < 4.78 is 1.60. The van der Waals surface area contributed by atoms with Crippen molar-refractivity contribution in [1.82, 2.24) is 14.9 Å². The number of rotatable bonds is 0. The van der Waals surface area contributed by atoms with Gasteiger partial charge in [-0.15, -0.1) is 0 Å². The number of aromatic nitrogens is 2. The highest BCUT2D eigenvalue weighted by molar-refractivity contribution is 5.21. The largest absolute Gasteiger partial charge is 0.493 e. The van der Waals surface area contributed by atoms with Crippen molar-refractivity contribution in [3.8, 4) is 5.88 Å². The number of fused-ring (bicyclic) bond motifs is 1. The number of nitrogens with zero attached hydrogens (tertiary/aromatic N) is 2. The van der Waals surface area contributed by atoms with E-state index < -0.39 is 0 Å². The Labute approximate surface area is 75.0 Å². The van der Waals surface area contributed by atoms with Crippen LogP contribution in [0.4, 0.5) is 0 Å². The van der Waals surface area contributed by atoms with Crippen molar-refractivity contribution in [2.45, 2.75) is 20.0 Å². The molecule has 1 aromatic rings. The average molecular weight is 181 g/mol. The Balaban J connectivity index is 2.68. The van der Waals surface area contributed by atoms with Crippen LogP contribution in [0.3, 0.4) is 0 Å². The number of aromatic hydroxyl groups is 1. The van der Waals surface area contributed by atoms with Crippen LogP contribution >= 0.6 is 0 Å². The van der Waals surface area contributed by atoms with E-state index in [0.29, 0.717) is 24.5 Å². The van der Waals surface area contributed by atoms with Crippen LogP contribution in [0, 0.1) is 6.92 Å². The predicted molar refractivity (Wildman–Crippen MR) is 46.6 cm³/mol. The van der Waals surface area contributed by atoms with Gasteiger partial charge < -0.3 is 10.4 Å². The summed E-state index contributed by atoms with van der Waals surface area (Å²) in [6.07, 6.45) is 0. The highest BCUT2D eigenvalue weighted by Gasteiger charge is 2.14. The lowest BCUT2D eigenvalue weighted by Crippen LogP contribution is -2.37. The Morgan fingerprint density at radius 1 is 1.62 bits per heavy atom. The van der Waals surface area contributed by atoms with Gasteiger partial charge >= 0.3 is 0 Å². The molecule has 0 amide bonds. The lowest BCUT2D eigenvalue weighted by molar-refractivity contribution is 0.415. The highest BCUT2D eigenvalue weighted by Crippen LogP contribution is 2.09. The molecule has 5 nitrogen and oxygen atoms in total. The molecule has 0 fully saturated rings. The van der Waals surface area contributed by atoms with Crippen molar-refractivity contribution in [2.75, 3.05) is 6.54 Å². The van der Waals surface area contributed by atoms with Crippen LogP contribution in [-0.4, -0.2) is 21.2 Å². The summed E-state index contributed by atoms with van der Waals surface area (Å²) in [7, 11) is 0. The Morgan fingerprint density at radius 2 is 2.38 bits per heavy atom. The molecule has 70 valence electrons. The molecular formula is C8H11N3O2. The van der Waals surface area contributed by atoms with Gasteiger partial charge in [0.05, 0.1) is 12.1 Å². The molecule has 1 aliphatic heterocycles. The lowest BCUT2D eigenvalue weighted by atomic mass is 10.3. The van der Waals surface area contributed by atoms with Crippen molar-refractivity contribution >= 4 is 0 Å². The molecule has 2 rings (SSSR count). The lowest BCUT2D eigenvalue weighted by Gasteiger charge is -2.18. The average Bonchev–Trinajstić information content (AvgIpc) is 2.15. The minimum Gasteiger partial charge on any atom is -0.493 e. The van der Waals surface area contributed by atoms with Crippen LogP contribution in [0.2, 0.25) is 0 Å². The fourth-order valence-electron chi connectivity index (χ4n) is 1.44. The second kappa shape index (κ2) is 2.85. The maximum absolute atomic E-state index is 11.6. The summed E-state index contributed by atoms with van der Waals surface area (Å²) in [4.78, 5) is 15.5. The van der Waals surface area contributed by atoms with E-state index in [9.17, 15) is 9.90 Å². The molecule has 0 aliphatic carbocycles. The van der Waals surface area contributed by atoms with Gasteiger partial charge in [-0.2, -0.15) is 4.98 Å². The topological polar surface area (TPSA) is 67.2 Å². The first-order valence-corrected chi connectivity index (χ1v) is 4.20. The smallest absolute Gasteiger partial charge is 0.260 e. The third kappa shape index (κ3) is 1.21. The molecule has 0 spiro atoms. The SMILES string of the molecule is Cc1c(O)nc2n(c1=O)CCNC2. The first kappa shape index (κ1) is 8.25. The van der Waals surface area contributed by atoms with Crippen molar-refractivity contribution < 1.29 is 5.11 Å². The van der Waals surface area contributed by atoms with Crippen molar-refractivity contribution in [1.29, 1.82) is 0 Å². The molecule has 0 saturated carbocycles. The van der Waals surface area contributed by atoms with E-state index in [4.69, 9.17) is 0 Å². The van der Waals surface area contributed by atoms with Gasteiger partial charge in [0.25, 0.3) is 5.56 Å². The van der Waals surface area contributed by atoms with E-state index in [2.05, 4.69) is 10.3 Å². The van der Waals surface area contributed by atoms with Crippen molar-refractivity contribution in [3.63, 3.8) is 0 Å².